The lowest BCUT2D eigenvalue weighted by Gasteiger charge is -2.24. The Labute approximate surface area is 99.4 Å². The summed E-state index contributed by atoms with van der Waals surface area (Å²) in [4.78, 5) is 3.19. The minimum absolute atomic E-state index is 0.173. The van der Waals surface area contributed by atoms with E-state index in [1.54, 1.807) is 12.1 Å². The predicted octanol–water partition coefficient (Wildman–Crippen LogP) is 1.41. The third kappa shape index (κ3) is 2.18. The Morgan fingerprint density at radius 2 is 2.24 bits per heavy atom. The average Bonchev–Trinajstić information content (AvgIpc) is 2.73. The molecule has 0 radical (unpaired) electrons. The van der Waals surface area contributed by atoms with Gasteiger partial charge in [0.1, 0.15) is 5.82 Å². The summed E-state index contributed by atoms with van der Waals surface area (Å²) in [5, 5.41) is 7.82. The number of H-pyrrole nitrogens is 1. The molecule has 1 atom stereocenters. The van der Waals surface area contributed by atoms with Gasteiger partial charge >= 0.3 is 0 Å². The van der Waals surface area contributed by atoms with E-state index < -0.39 is 0 Å². The Kier molecular flexibility index (Phi) is 2.82. The molecular weight excluding hydrogens is 217 g/mol. The van der Waals surface area contributed by atoms with Crippen molar-refractivity contribution in [3.8, 4) is 0 Å². The first-order chi connectivity index (χ1) is 8.33. The maximum atomic E-state index is 13.2. The van der Waals surface area contributed by atoms with Crippen molar-refractivity contribution in [1.82, 2.24) is 15.6 Å². The molecule has 0 aliphatic carbocycles. The van der Waals surface area contributed by atoms with Crippen LogP contribution in [0.4, 0.5) is 4.39 Å². The highest BCUT2D eigenvalue weighted by Gasteiger charge is 2.14. The van der Waals surface area contributed by atoms with Gasteiger partial charge in [-0.15, -0.1) is 0 Å². The standard InChI is InChI=1S/C13H16FN3/c14-10-1-2-13-12(6-10)9(7-17-13)5-11-8-15-3-4-16-11/h1-2,6-7,11,15-17H,3-5,8H2. The van der Waals surface area contributed by atoms with Crippen LogP contribution in [0.2, 0.25) is 0 Å². The van der Waals surface area contributed by atoms with E-state index in [2.05, 4.69) is 15.6 Å². The van der Waals surface area contributed by atoms with Crippen LogP contribution in [0, 0.1) is 5.82 Å². The van der Waals surface area contributed by atoms with Crippen LogP contribution < -0.4 is 10.6 Å². The van der Waals surface area contributed by atoms with E-state index >= 15 is 0 Å². The SMILES string of the molecule is Fc1ccc2[nH]cc(CC3CNCCN3)c2c1. The maximum Gasteiger partial charge on any atom is 0.123 e. The summed E-state index contributed by atoms with van der Waals surface area (Å²) in [6.45, 7) is 3.00. The Morgan fingerprint density at radius 1 is 1.29 bits per heavy atom. The maximum absolute atomic E-state index is 13.2. The summed E-state index contributed by atoms with van der Waals surface area (Å²) >= 11 is 0. The van der Waals surface area contributed by atoms with Gasteiger partial charge in [0.15, 0.2) is 0 Å². The minimum atomic E-state index is -0.173. The van der Waals surface area contributed by atoms with Crippen molar-refractivity contribution in [2.45, 2.75) is 12.5 Å². The highest BCUT2D eigenvalue weighted by Crippen LogP contribution is 2.20. The number of hydrogen-bond acceptors (Lipinski definition) is 2. The van der Waals surface area contributed by atoms with Crippen LogP contribution in [0.25, 0.3) is 10.9 Å². The zero-order valence-electron chi connectivity index (χ0n) is 9.59. The molecule has 90 valence electrons. The number of hydrogen-bond donors (Lipinski definition) is 3. The number of fused-ring (bicyclic) bond motifs is 1. The Hall–Kier alpha value is -1.39. The van der Waals surface area contributed by atoms with Crippen molar-refractivity contribution in [2.24, 2.45) is 0 Å². The molecule has 3 nitrogen and oxygen atoms in total. The number of benzene rings is 1. The van der Waals surface area contributed by atoms with Crippen molar-refractivity contribution in [3.63, 3.8) is 0 Å². The van der Waals surface area contributed by atoms with Gasteiger partial charge in [0.05, 0.1) is 0 Å². The minimum Gasteiger partial charge on any atom is -0.361 e. The molecule has 0 amide bonds. The van der Waals surface area contributed by atoms with Gasteiger partial charge in [0, 0.05) is 42.8 Å². The van der Waals surface area contributed by atoms with Crippen molar-refractivity contribution in [1.29, 1.82) is 0 Å². The van der Waals surface area contributed by atoms with Crippen LogP contribution in [0.3, 0.4) is 0 Å². The fourth-order valence-corrected chi connectivity index (χ4v) is 2.44. The molecule has 1 fully saturated rings. The lowest BCUT2D eigenvalue weighted by molar-refractivity contribution is 0.417. The van der Waals surface area contributed by atoms with E-state index in [0.29, 0.717) is 6.04 Å². The first-order valence-corrected chi connectivity index (χ1v) is 6.02. The van der Waals surface area contributed by atoms with Crippen molar-refractivity contribution < 1.29 is 4.39 Å². The molecule has 1 unspecified atom stereocenters. The number of halogens is 1. The van der Waals surface area contributed by atoms with E-state index in [4.69, 9.17) is 0 Å². The zero-order valence-corrected chi connectivity index (χ0v) is 9.59. The van der Waals surface area contributed by atoms with Gasteiger partial charge in [-0.1, -0.05) is 0 Å². The van der Waals surface area contributed by atoms with Gasteiger partial charge in [-0.25, -0.2) is 4.39 Å². The van der Waals surface area contributed by atoms with Gasteiger partial charge in [-0.3, -0.25) is 0 Å². The number of aromatic amines is 1. The van der Waals surface area contributed by atoms with Gasteiger partial charge in [0.2, 0.25) is 0 Å². The monoisotopic (exact) mass is 233 g/mol. The topological polar surface area (TPSA) is 39.9 Å². The molecule has 4 heteroatoms. The molecule has 1 saturated heterocycles. The largest absolute Gasteiger partial charge is 0.361 e. The van der Waals surface area contributed by atoms with Crippen molar-refractivity contribution >= 4 is 10.9 Å². The van der Waals surface area contributed by atoms with Gasteiger partial charge in [0.25, 0.3) is 0 Å². The number of aromatic nitrogens is 1. The van der Waals surface area contributed by atoms with Gasteiger partial charge in [-0.2, -0.15) is 0 Å². The van der Waals surface area contributed by atoms with Crippen LogP contribution in [0.1, 0.15) is 5.56 Å². The fraction of sp³-hybridized carbons (Fsp3) is 0.385. The third-order valence-corrected chi connectivity index (χ3v) is 3.32. The molecule has 1 aliphatic heterocycles. The zero-order chi connectivity index (χ0) is 11.7. The lowest BCUT2D eigenvalue weighted by Crippen LogP contribution is -2.49. The summed E-state index contributed by atoms with van der Waals surface area (Å²) in [7, 11) is 0. The van der Waals surface area contributed by atoms with E-state index in [9.17, 15) is 4.39 Å². The second-order valence-corrected chi connectivity index (χ2v) is 4.56. The van der Waals surface area contributed by atoms with Crippen molar-refractivity contribution in [2.75, 3.05) is 19.6 Å². The molecule has 0 spiro atoms. The van der Waals surface area contributed by atoms with E-state index in [-0.39, 0.29) is 5.82 Å². The smallest absolute Gasteiger partial charge is 0.123 e. The summed E-state index contributed by atoms with van der Waals surface area (Å²) in [5.74, 6) is -0.173. The number of piperazine rings is 1. The molecule has 2 heterocycles. The van der Waals surface area contributed by atoms with Gasteiger partial charge in [-0.05, 0) is 30.2 Å². The van der Waals surface area contributed by atoms with Crippen LogP contribution in [-0.4, -0.2) is 30.7 Å². The first-order valence-electron chi connectivity index (χ1n) is 6.02. The number of nitrogens with one attached hydrogen (secondary N) is 3. The second-order valence-electron chi connectivity index (χ2n) is 4.56. The summed E-state index contributed by atoms with van der Waals surface area (Å²) in [6, 6.07) is 5.33. The molecule has 3 N–H and O–H groups in total. The van der Waals surface area contributed by atoms with Crippen LogP contribution in [0.5, 0.6) is 0 Å². The Morgan fingerprint density at radius 3 is 3.06 bits per heavy atom. The molecule has 3 rings (SSSR count). The quantitative estimate of drug-likeness (QED) is 0.734. The highest BCUT2D eigenvalue weighted by atomic mass is 19.1. The molecule has 1 aromatic heterocycles. The molecular formula is C13H16FN3. The Bertz CT molecular complexity index is 514. The van der Waals surface area contributed by atoms with Gasteiger partial charge < -0.3 is 15.6 Å². The first kappa shape index (κ1) is 10.7. The molecule has 1 aromatic carbocycles. The molecule has 17 heavy (non-hydrogen) atoms. The fourth-order valence-electron chi connectivity index (χ4n) is 2.44. The lowest BCUT2D eigenvalue weighted by atomic mass is 10.0. The van der Waals surface area contributed by atoms with Crippen LogP contribution >= 0.6 is 0 Å². The summed E-state index contributed by atoms with van der Waals surface area (Å²) < 4.78 is 13.2. The summed E-state index contributed by atoms with van der Waals surface area (Å²) in [5.41, 5.74) is 2.19. The van der Waals surface area contributed by atoms with Crippen LogP contribution in [-0.2, 0) is 6.42 Å². The van der Waals surface area contributed by atoms with Crippen molar-refractivity contribution in [3.05, 3.63) is 35.8 Å². The van der Waals surface area contributed by atoms with Crippen LogP contribution in [0.15, 0.2) is 24.4 Å². The average molecular weight is 233 g/mol. The highest BCUT2D eigenvalue weighted by molar-refractivity contribution is 5.83. The second kappa shape index (κ2) is 4.47. The van der Waals surface area contributed by atoms with E-state index in [1.807, 2.05) is 6.20 Å². The Balaban J connectivity index is 1.86. The summed E-state index contributed by atoms with van der Waals surface area (Å²) in [6.07, 6.45) is 2.91. The molecule has 0 saturated carbocycles. The molecule has 0 bridgehead atoms. The van der Waals surface area contributed by atoms with E-state index in [1.165, 1.54) is 11.6 Å². The number of rotatable bonds is 2. The third-order valence-electron chi connectivity index (χ3n) is 3.32. The normalized spacial score (nSPS) is 20.9. The molecule has 2 aromatic rings. The molecule has 1 aliphatic rings. The predicted molar refractivity (Wildman–Crippen MR) is 66.6 cm³/mol. The van der Waals surface area contributed by atoms with E-state index in [0.717, 1.165) is 37.0 Å².